The van der Waals surface area contributed by atoms with Crippen LogP contribution in [0.25, 0.3) is 11.0 Å². The number of hydrogen-bond donors (Lipinski definition) is 1. The van der Waals surface area contributed by atoms with E-state index in [9.17, 15) is 4.39 Å². The fourth-order valence-electron chi connectivity index (χ4n) is 2.09. The lowest BCUT2D eigenvalue weighted by Gasteiger charge is -2.09. The molecule has 0 amide bonds. The SMILES string of the molecule is CNC(c1ccc(Cl)o1)c1cc2cc(F)ccc2o1. The highest BCUT2D eigenvalue weighted by atomic mass is 35.5. The van der Waals surface area contributed by atoms with Gasteiger partial charge in [0, 0.05) is 5.39 Å². The van der Waals surface area contributed by atoms with Crippen LogP contribution >= 0.6 is 11.6 Å². The Labute approximate surface area is 114 Å². The van der Waals surface area contributed by atoms with Gasteiger partial charge in [-0.25, -0.2) is 4.39 Å². The predicted molar refractivity (Wildman–Crippen MR) is 70.8 cm³/mol. The average Bonchev–Trinajstić information content (AvgIpc) is 2.96. The van der Waals surface area contributed by atoms with Crippen molar-refractivity contribution in [1.82, 2.24) is 5.32 Å². The zero-order valence-electron chi connectivity index (χ0n) is 10.1. The lowest BCUT2D eigenvalue weighted by Crippen LogP contribution is -2.16. The molecule has 98 valence electrons. The Morgan fingerprint density at radius 1 is 1.11 bits per heavy atom. The quantitative estimate of drug-likeness (QED) is 0.783. The summed E-state index contributed by atoms with van der Waals surface area (Å²) in [6, 6.07) is 9.38. The molecule has 0 saturated heterocycles. The van der Waals surface area contributed by atoms with Gasteiger partial charge in [-0.05, 0) is 55.0 Å². The van der Waals surface area contributed by atoms with Gasteiger partial charge in [0.25, 0.3) is 0 Å². The molecule has 0 spiro atoms. The molecule has 3 aromatic rings. The maximum absolute atomic E-state index is 13.2. The zero-order chi connectivity index (χ0) is 13.4. The van der Waals surface area contributed by atoms with E-state index in [1.807, 2.05) is 0 Å². The van der Waals surface area contributed by atoms with Crippen molar-refractivity contribution in [3.63, 3.8) is 0 Å². The second-order valence-electron chi connectivity index (χ2n) is 4.19. The van der Waals surface area contributed by atoms with Crippen LogP contribution in [0.15, 0.2) is 45.2 Å². The first kappa shape index (κ1) is 12.3. The summed E-state index contributed by atoms with van der Waals surface area (Å²) in [6.45, 7) is 0. The Kier molecular flexibility index (Phi) is 3.05. The minimum absolute atomic E-state index is 0.261. The van der Waals surface area contributed by atoms with E-state index in [1.165, 1.54) is 12.1 Å². The number of furan rings is 2. The predicted octanol–water partition coefficient (Wildman–Crippen LogP) is 4.13. The van der Waals surface area contributed by atoms with Gasteiger partial charge in [0.15, 0.2) is 5.22 Å². The van der Waals surface area contributed by atoms with Crippen molar-refractivity contribution in [2.45, 2.75) is 6.04 Å². The second-order valence-corrected chi connectivity index (χ2v) is 4.57. The largest absolute Gasteiger partial charge is 0.459 e. The number of benzene rings is 1. The topological polar surface area (TPSA) is 38.3 Å². The van der Waals surface area contributed by atoms with Gasteiger partial charge < -0.3 is 14.2 Å². The van der Waals surface area contributed by atoms with Gasteiger partial charge in [-0.2, -0.15) is 0 Å². The van der Waals surface area contributed by atoms with E-state index in [2.05, 4.69) is 5.32 Å². The minimum atomic E-state index is -0.290. The van der Waals surface area contributed by atoms with E-state index in [0.717, 1.165) is 0 Å². The molecule has 2 heterocycles. The Morgan fingerprint density at radius 2 is 1.95 bits per heavy atom. The lowest BCUT2D eigenvalue weighted by atomic mass is 10.1. The maximum atomic E-state index is 13.2. The number of nitrogens with one attached hydrogen (secondary N) is 1. The molecule has 0 fully saturated rings. The van der Waals surface area contributed by atoms with Crippen molar-refractivity contribution in [3.05, 3.63) is 59.0 Å². The van der Waals surface area contributed by atoms with Crippen molar-refractivity contribution in [1.29, 1.82) is 0 Å². The highest BCUT2D eigenvalue weighted by molar-refractivity contribution is 6.28. The van der Waals surface area contributed by atoms with Crippen molar-refractivity contribution in [2.75, 3.05) is 7.05 Å². The zero-order valence-corrected chi connectivity index (χ0v) is 10.9. The first-order chi connectivity index (χ1) is 9.17. The minimum Gasteiger partial charge on any atom is -0.459 e. The van der Waals surface area contributed by atoms with Crippen LogP contribution in [0, 0.1) is 5.82 Å². The van der Waals surface area contributed by atoms with Crippen molar-refractivity contribution in [2.24, 2.45) is 0 Å². The summed E-state index contributed by atoms with van der Waals surface area (Å²) in [6.07, 6.45) is 0. The summed E-state index contributed by atoms with van der Waals surface area (Å²) in [5, 5.41) is 4.12. The summed E-state index contributed by atoms with van der Waals surface area (Å²) in [5.74, 6) is 1.00. The molecule has 2 aromatic heterocycles. The Bertz CT molecular complexity index is 719. The number of fused-ring (bicyclic) bond motifs is 1. The fourth-order valence-corrected chi connectivity index (χ4v) is 2.24. The van der Waals surface area contributed by atoms with Gasteiger partial charge in [-0.15, -0.1) is 0 Å². The fraction of sp³-hybridized carbons (Fsp3) is 0.143. The molecule has 0 saturated carbocycles. The van der Waals surface area contributed by atoms with E-state index >= 15 is 0 Å². The van der Waals surface area contributed by atoms with E-state index in [4.69, 9.17) is 20.4 Å². The molecule has 5 heteroatoms. The van der Waals surface area contributed by atoms with E-state index in [1.54, 1.807) is 31.3 Å². The molecule has 1 atom stereocenters. The van der Waals surface area contributed by atoms with Crippen molar-refractivity contribution < 1.29 is 13.2 Å². The van der Waals surface area contributed by atoms with Crippen LogP contribution in [0.5, 0.6) is 0 Å². The highest BCUT2D eigenvalue weighted by Crippen LogP contribution is 2.30. The summed E-state index contributed by atoms with van der Waals surface area (Å²) in [4.78, 5) is 0. The third-order valence-corrected chi connectivity index (χ3v) is 3.15. The molecular weight excluding hydrogens is 269 g/mol. The lowest BCUT2D eigenvalue weighted by molar-refractivity contribution is 0.415. The molecular formula is C14H11ClFNO2. The van der Waals surface area contributed by atoms with Gasteiger partial charge in [0.1, 0.15) is 29.0 Å². The standard InChI is InChI=1S/C14H11ClFNO2/c1-17-14(11-4-5-13(15)19-11)12-7-8-6-9(16)2-3-10(8)18-12/h2-7,14,17H,1H3. The monoisotopic (exact) mass is 279 g/mol. The molecule has 0 aliphatic rings. The average molecular weight is 280 g/mol. The smallest absolute Gasteiger partial charge is 0.193 e. The summed E-state index contributed by atoms with van der Waals surface area (Å²) in [7, 11) is 1.79. The van der Waals surface area contributed by atoms with Crippen LogP contribution in [0.2, 0.25) is 5.22 Å². The molecule has 3 nitrogen and oxygen atoms in total. The van der Waals surface area contributed by atoms with E-state index in [-0.39, 0.29) is 11.9 Å². The van der Waals surface area contributed by atoms with Crippen LogP contribution < -0.4 is 5.32 Å². The first-order valence-electron chi connectivity index (χ1n) is 5.79. The molecule has 1 N–H and O–H groups in total. The van der Waals surface area contributed by atoms with Crippen LogP contribution in [-0.2, 0) is 0 Å². The van der Waals surface area contributed by atoms with Gasteiger partial charge in [0.2, 0.25) is 0 Å². The number of hydrogen-bond acceptors (Lipinski definition) is 3. The third-order valence-electron chi connectivity index (χ3n) is 2.95. The van der Waals surface area contributed by atoms with Gasteiger partial charge >= 0.3 is 0 Å². The highest BCUT2D eigenvalue weighted by Gasteiger charge is 2.20. The Balaban J connectivity index is 2.06. The molecule has 0 bridgehead atoms. The van der Waals surface area contributed by atoms with Crippen LogP contribution in [0.3, 0.4) is 0 Å². The molecule has 0 aliphatic heterocycles. The van der Waals surface area contributed by atoms with E-state index in [0.29, 0.717) is 27.7 Å². The summed E-state index contributed by atoms with van der Waals surface area (Å²) < 4.78 is 24.2. The van der Waals surface area contributed by atoms with Gasteiger partial charge in [-0.1, -0.05) is 0 Å². The summed E-state index contributed by atoms with van der Waals surface area (Å²) in [5.41, 5.74) is 0.634. The second kappa shape index (κ2) is 4.72. The van der Waals surface area contributed by atoms with Crippen LogP contribution in [0.1, 0.15) is 17.6 Å². The van der Waals surface area contributed by atoms with Crippen LogP contribution in [-0.4, -0.2) is 7.05 Å². The normalized spacial score (nSPS) is 13.0. The molecule has 1 unspecified atom stereocenters. The van der Waals surface area contributed by atoms with Crippen LogP contribution in [0.4, 0.5) is 4.39 Å². The van der Waals surface area contributed by atoms with Gasteiger partial charge in [0.05, 0.1) is 0 Å². The summed E-state index contributed by atoms with van der Waals surface area (Å²) >= 11 is 5.77. The third kappa shape index (κ3) is 2.25. The molecule has 19 heavy (non-hydrogen) atoms. The van der Waals surface area contributed by atoms with Gasteiger partial charge in [-0.3, -0.25) is 0 Å². The molecule has 3 rings (SSSR count). The number of rotatable bonds is 3. The maximum Gasteiger partial charge on any atom is 0.193 e. The first-order valence-corrected chi connectivity index (χ1v) is 6.16. The molecule has 1 aromatic carbocycles. The van der Waals surface area contributed by atoms with E-state index < -0.39 is 0 Å². The molecule has 0 radical (unpaired) electrons. The van der Waals surface area contributed by atoms with Crippen molar-refractivity contribution in [3.8, 4) is 0 Å². The molecule has 0 aliphatic carbocycles. The van der Waals surface area contributed by atoms with Crippen molar-refractivity contribution >= 4 is 22.6 Å². The Morgan fingerprint density at radius 3 is 2.63 bits per heavy atom. The number of halogens is 2. The Hall–Kier alpha value is -1.78.